The monoisotopic (exact) mass is 396 g/mol. The van der Waals surface area contributed by atoms with Gasteiger partial charge in [0.05, 0.1) is 0 Å². The Labute approximate surface area is 159 Å². The largest absolute Gasteiger partial charge is 0.379 e. The standard InChI is InChI=1S/C20H20F4N2O2/c21-15-5-6-16(22)14(9-15)10-25-12-20(28)7-2-8-26(19(20)27)11-13-3-1-4-17(23)18(13)24/h1,3-6,9,25,28H,2,7-8,10-12H2/t20-/m1/s1. The number of amides is 1. The molecular weight excluding hydrogens is 376 g/mol. The summed E-state index contributed by atoms with van der Waals surface area (Å²) in [5, 5.41) is 13.5. The number of carbonyl (C=O) groups is 1. The van der Waals surface area contributed by atoms with Gasteiger partial charge in [0.1, 0.15) is 11.6 Å². The van der Waals surface area contributed by atoms with Crippen molar-refractivity contribution in [1.29, 1.82) is 0 Å². The van der Waals surface area contributed by atoms with Crippen molar-refractivity contribution < 1.29 is 27.5 Å². The number of rotatable bonds is 6. The van der Waals surface area contributed by atoms with Gasteiger partial charge in [0, 0.05) is 37.3 Å². The minimum Gasteiger partial charge on any atom is -0.379 e. The lowest BCUT2D eigenvalue weighted by Crippen LogP contribution is -2.57. The molecule has 1 saturated heterocycles. The van der Waals surface area contributed by atoms with Gasteiger partial charge in [-0.1, -0.05) is 12.1 Å². The Morgan fingerprint density at radius 3 is 2.64 bits per heavy atom. The molecule has 0 saturated carbocycles. The van der Waals surface area contributed by atoms with Gasteiger partial charge in [-0.2, -0.15) is 0 Å². The summed E-state index contributed by atoms with van der Waals surface area (Å²) in [5.41, 5.74) is -1.66. The van der Waals surface area contributed by atoms with Crippen LogP contribution in [0, 0.1) is 23.3 Å². The van der Waals surface area contributed by atoms with Gasteiger partial charge in [-0.3, -0.25) is 4.79 Å². The van der Waals surface area contributed by atoms with Crippen LogP contribution in [-0.4, -0.2) is 34.6 Å². The van der Waals surface area contributed by atoms with Crippen LogP contribution in [0.15, 0.2) is 36.4 Å². The summed E-state index contributed by atoms with van der Waals surface area (Å²) in [6.45, 7) is -0.111. The van der Waals surface area contributed by atoms with Crippen LogP contribution < -0.4 is 5.32 Å². The van der Waals surface area contributed by atoms with E-state index in [0.29, 0.717) is 13.0 Å². The van der Waals surface area contributed by atoms with Crippen molar-refractivity contribution in [3.8, 4) is 0 Å². The lowest BCUT2D eigenvalue weighted by molar-refractivity contribution is -0.157. The molecule has 8 heteroatoms. The van der Waals surface area contributed by atoms with Crippen molar-refractivity contribution in [2.75, 3.05) is 13.1 Å². The number of halogens is 4. The number of hydrogen-bond acceptors (Lipinski definition) is 3. The number of hydrogen-bond donors (Lipinski definition) is 2. The number of nitrogens with zero attached hydrogens (tertiary/aromatic N) is 1. The van der Waals surface area contributed by atoms with Gasteiger partial charge in [-0.05, 0) is 37.1 Å². The summed E-state index contributed by atoms with van der Waals surface area (Å²) < 4.78 is 54.2. The van der Waals surface area contributed by atoms with Gasteiger partial charge in [-0.15, -0.1) is 0 Å². The van der Waals surface area contributed by atoms with E-state index >= 15 is 0 Å². The van der Waals surface area contributed by atoms with Crippen molar-refractivity contribution in [3.05, 3.63) is 70.8 Å². The van der Waals surface area contributed by atoms with E-state index < -0.39 is 34.8 Å². The SMILES string of the molecule is O=C1N(Cc2cccc(F)c2F)CCC[C@@]1(O)CNCc1cc(F)ccc1F. The average Bonchev–Trinajstić information content (AvgIpc) is 2.66. The number of likely N-dealkylation sites (tertiary alicyclic amines) is 1. The van der Waals surface area contributed by atoms with Gasteiger partial charge >= 0.3 is 0 Å². The fraction of sp³-hybridized carbons (Fsp3) is 0.350. The Hall–Kier alpha value is -2.45. The second-order valence-corrected chi connectivity index (χ2v) is 6.91. The maximum absolute atomic E-state index is 13.9. The first-order chi connectivity index (χ1) is 13.3. The molecule has 1 amide bonds. The molecule has 1 aliphatic rings. The third kappa shape index (κ3) is 4.34. The zero-order valence-corrected chi connectivity index (χ0v) is 15.0. The number of benzene rings is 2. The lowest BCUT2D eigenvalue weighted by atomic mass is 9.91. The molecular formula is C20H20F4N2O2. The summed E-state index contributed by atoms with van der Waals surface area (Å²) in [6, 6.07) is 6.76. The minimum atomic E-state index is -1.76. The van der Waals surface area contributed by atoms with Gasteiger partial charge in [0.15, 0.2) is 17.2 Å². The van der Waals surface area contributed by atoms with Crippen LogP contribution in [0.5, 0.6) is 0 Å². The fourth-order valence-corrected chi connectivity index (χ4v) is 3.34. The first-order valence-corrected chi connectivity index (χ1v) is 8.89. The quantitative estimate of drug-likeness (QED) is 0.739. The van der Waals surface area contributed by atoms with E-state index in [1.54, 1.807) is 0 Å². The molecule has 1 fully saturated rings. The zero-order valence-electron chi connectivity index (χ0n) is 15.0. The summed E-state index contributed by atoms with van der Waals surface area (Å²) in [4.78, 5) is 14.0. The van der Waals surface area contributed by atoms with E-state index in [1.807, 2.05) is 0 Å². The predicted molar refractivity (Wildman–Crippen MR) is 94.0 cm³/mol. The molecule has 3 rings (SSSR count). The summed E-state index contributed by atoms with van der Waals surface area (Å²) >= 11 is 0. The normalized spacial score (nSPS) is 19.9. The number of nitrogens with one attached hydrogen (secondary N) is 1. The van der Waals surface area contributed by atoms with E-state index in [1.165, 1.54) is 17.0 Å². The first kappa shape index (κ1) is 20.3. The van der Waals surface area contributed by atoms with Crippen LogP contribution in [0.3, 0.4) is 0 Å². The predicted octanol–water partition coefficient (Wildman–Crippen LogP) is 2.89. The first-order valence-electron chi connectivity index (χ1n) is 8.89. The molecule has 1 heterocycles. The molecule has 2 aromatic rings. The smallest absolute Gasteiger partial charge is 0.256 e. The van der Waals surface area contributed by atoms with Gasteiger partial charge in [0.25, 0.3) is 5.91 Å². The van der Waals surface area contributed by atoms with E-state index in [4.69, 9.17) is 0 Å². The number of carbonyl (C=O) groups excluding carboxylic acids is 1. The Kier molecular flexibility index (Phi) is 6.00. The van der Waals surface area contributed by atoms with E-state index in [2.05, 4.69) is 5.32 Å². The van der Waals surface area contributed by atoms with E-state index in [-0.39, 0.29) is 37.2 Å². The van der Waals surface area contributed by atoms with E-state index in [9.17, 15) is 27.5 Å². The fourth-order valence-electron chi connectivity index (χ4n) is 3.34. The van der Waals surface area contributed by atoms with Crippen molar-refractivity contribution in [2.24, 2.45) is 0 Å². The molecule has 0 aromatic heterocycles. The number of aliphatic hydroxyl groups is 1. The molecule has 0 aliphatic carbocycles. The van der Waals surface area contributed by atoms with Crippen molar-refractivity contribution in [3.63, 3.8) is 0 Å². The van der Waals surface area contributed by atoms with Gasteiger partial charge in [0.2, 0.25) is 0 Å². The summed E-state index contributed by atoms with van der Waals surface area (Å²) in [6.07, 6.45) is 0.641. The topological polar surface area (TPSA) is 52.6 Å². The van der Waals surface area contributed by atoms with Crippen LogP contribution in [0.1, 0.15) is 24.0 Å². The van der Waals surface area contributed by atoms with Crippen molar-refractivity contribution >= 4 is 5.91 Å². The Balaban J connectivity index is 1.65. The zero-order chi connectivity index (χ0) is 20.3. The highest BCUT2D eigenvalue weighted by molar-refractivity contribution is 5.86. The van der Waals surface area contributed by atoms with Crippen LogP contribution in [0.4, 0.5) is 17.6 Å². The maximum atomic E-state index is 13.9. The van der Waals surface area contributed by atoms with Gasteiger partial charge < -0.3 is 15.3 Å². The molecule has 0 unspecified atom stereocenters. The van der Waals surface area contributed by atoms with E-state index in [0.717, 1.165) is 24.3 Å². The van der Waals surface area contributed by atoms with Crippen LogP contribution in [0.2, 0.25) is 0 Å². The molecule has 0 radical (unpaired) electrons. The molecule has 0 bridgehead atoms. The molecule has 28 heavy (non-hydrogen) atoms. The summed E-state index contributed by atoms with van der Waals surface area (Å²) in [5.74, 6) is -3.83. The third-order valence-corrected chi connectivity index (χ3v) is 4.84. The van der Waals surface area contributed by atoms with Gasteiger partial charge in [-0.25, -0.2) is 17.6 Å². The Morgan fingerprint density at radius 1 is 1.07 bits per heavy atom. The molecule has 1 atom stereocenters. The summed E-state index contributed by atoms with van der Waals surface area (Å²) in [7, 11) is 0. The highest BCUT2D eigenvalue weighted by Crippen LogP contribution is 2.25. The molecule has 150 valence electrons. The lowest BCUT2D eigenvalue weighted by Gasteiger charge is -2.38. The van der Waals surface area contributed by atoms with Crippen molar-refractivity contribution in [1.82, 2.24) is 10.2 Å². The number of piperidine rings is 1. The van der Waals surface area contributed by atoms with Crippen LogP contribution in [-0.2, 0) is 17.9 Å². The highest BCUT2D eigenvalue weighted by Gasteiger charge is 2.42. The average molecular weight is 396 g/mol. The molecule has 0 spiro atoms. The Bertz CT molecular complexity index is 877. The van der Waals surface area contributed by atoms with Crippen LogP contribution >= 0.6 is 0 Å². The second kappa shape index (κ2) is 8.28. The minimum absolute atomic E-state index is 0.0207. The molecule has 2 aromatic carbocycles. The second-order valence-electron chi connectivity index (χ2n) is 6.91. The molecule has 2 N–H and O–H groups in total. The maximum Gasteiger partial charge on any atom is 0.256 e. The Morgan fingerprint density at radius 2 is 1.86 bits per heavy atom. The highest BCUT2D eigenvalue weighted by atomic mass is 19.2. The third-order valence-electron chi connectivity index (χ3n) is 4.84. The molecule has 1 aliphatic heterocycles. The van der Waals surface area contributed by atoms with Crippen molar-refractivity contribution in [2.45, 2.75) is 31.5 Å². The molecule has 4 nitrogen and oxygen atoms in total. The van der Waals surface area contributed by atoms with Crippen LogP contribution in [0.25, 0.3) is 0 Å².